The van der Waals surface area contributed by atoms with Crippen molar-refractivity contribution in [3.05, 3.63) is 17.3 Å². The molecule has 1 aromatic rings. The summed E-state index contributed by atoms with van der Waals surface area (Å²) in [5, 5.41) is 0.404. The van der Waals surface area contributed by atoms with Crippen LogP contribution in [0, 0.1) is 0 Å². The number of likely N-dealkylation sites (N-methyl/N-ethyl adjacent to an activating group) is 1. The Labute approximate surface area is 130 Å². The van der Waals surface area contributed by atoms with Crippen LogP contribution >= 0.6 is 11.6 Å². The van der Waals surface area contributed by atoms with Crippen LogP contribution in [0.15, 0.2) is 12.3 Å². The summed E-state index contributed by atoms with van der Waals surface area (Å²) in [6.07, 6.45) is 1.08. The third-order valence-corrected chi connectivity index (χ3v) is 2.69. The Morgan fingerprint density at radius 3 is 2.62 bits per heavy atom. The molecule has 0 aliphatic heterocycles. The van der Waals surface area contributed by atoms with E-state index in [1.165, 1.54) is 18.2 Å². The predicted octanol–water partition coefficient (Wildman–Crippen LogP) is 2.99. The lowest BCUT2D eigenvalue weighted by Crippen LogP contribution is -2.36. The van der Waals surface area contributed by atoms with Gasteiger partial charge < -0.3 is 19.1 Å². The number of amides is 1. The second-order valence-corrected chi connectivity index (χ2v) is 5.81. The van der Waals surface area contributed by atoms with Crippen LogP contribution < -0.4 is 9.47 Å². The Hall–Kier alpha value is -1.69. The third-order valence-electron chi connectivity index (χ3n) is 2.39. The number of carbonyl (C=O) groups excluding carboxylic acids is 1. The zero-order chi connectivity index (χ0) is 16.0. The normalized spacial score (nSPS) is 11.0. The minimum atomic E-state index is -0.518. The molecule has 0 spiro atoms. The lowest BCUT2D eigenvalue weighted by molar-refractivity contribution is 0.0278. The van der Waals surface area contributed by atoms with E-state index in [0.717, 1.165) is 0 Å². The quantitative estimate of drug-likeness (QED) is 0.835. The first-order valence-corrected chi connectivity index (χ1v) is 6.87. The molecular formula is C14H21ClN2O4. The first kappa shape index (κ1) is 17.4. The van der Waals surface area contributed by atoms with Crippen LogP contribution in [0.25, 0.3) is 0 Å². The van der Waals surface area contributed by atoms with Crippen molar-refractivity contribution < 1.29 is 19.0 Å². The Morgan fingerprint density at radius 2 is 2.10 bits per heavy atom. The van der Waals surface area contributed by atoms with E-state index in [0.29, 0.717) is 23.2 Å². The summed E-state index contributed by atoms with van der Waals surface area (Å²) in [5.41, 5.74) is -0.518. The number of rotatable bonds is 5. The second-order valence-electron chi connectivity index (χ2n) is 5.41. The number of hydrogen-bond acceptors (Lipinski definition) is 5. The molecule has 21 heavy (non-hydrogen) atoms. The number of pyridine rings is 1. The molecule has 0 unspecified atom stereocenters. The number of aromatic nitrogens is 1. The van der Waals surface area contributed by atoms with Gasteiger partial charge in [0.05, 0.1) is 24.9 Å². The molecule has 0 saturated heterocycles. The summed E-state index contributed by atoms with van der Waals surface area (Å²) in [6.45, 7) is 6.11. The van der Waals surface area contributed by atoms with Crippen molar-refractivity contribution in [3.63, 3.8) is 0 Å². The highest BCUT2D eigenvalue weighted by atomic mass is 35.5. The van der Waals surface area contributed by atoms with Crippen LogP contribution in [0.1, 0.15) is 20.8 Å². The maximum absolute atomic E-state index is 11.7. The number of carbonyl (C=O) groups is 1. The largest absolute Gasteiger partial charge is 0.489 e. The van der Waals surface area contributed by atoms with Gasteiger partial charge in [-0.15, -0.1) is 0 Å². The van der Waals surface area contributed by atoms with Crippen molar-refractivity contribution >= 4 is 17.7 Å². The van der Waals surface area contributed by atoms with Gasteiger partial charge in [0.15, 0.2) is 5.75 Å². The van der Waals surface area contributed by atoms with Crippen LogP contribution in [-0.4, -0.2) is 48.9 Å². The predicted molar refractivity (Wildman–Crippen MR) is 80.2 cm³/mol. The van der Waals surface area contributed by atoms with Gasteiger partial charge in [-0.1, -0.05) is 11.6 Å². The summed E-state index contributed by atoms with van der Waals surface area (Å²) in [5.74, 6) is 0.855. The van der Waals surface area contributed by atoms with Gasteiger partial charge in [-0.05, 0) is 20.8 Å². The SMILES string of the molecule is COc1cc(Cl)c(OCCN(C)C(=O)OC(C)(C)C)cn1. The molecule has 0 atom stereocenters. The van der Waals surface area contributed by atoms with Crippen LogP contribution in [0.3, 0.4) is 0 Å². The fourth-order valence-corrected chi connectivity index (χ4v) is 1.54. The van der Waals surface area contributed by atoms with Gasteiger partial charge in [-0.3, -0.25) is 0 Å². The zero-order valence-corrected chi connectivity index (χ0v) is 13.7. The highest BCUT2D eigenvalue weighted by Crippen LogP contribution is 2.26. The van der Waals surface area contributed by atoms with Gasteiger partial charge >= 0.3 is 6.09 Å². The number of methoxy groups -OCH3 is 1. The fraction of sp³-hybridized carbons (Fsp3) is 0.571. The van der Waals surface area contributed by atoms with Crippen LogP contribution in [0.5, 0.6) is 11.6 Å². The summed E-state index contributed by atoms with van der Waals surface area (Å²) in [7, 11) is 3.15. The molecule has 7 heteroatoms. The number of nitrogens with zero attached hydrogens (tertiary/aromatic N) is 2. The zero-order valence-electron chi connectivity index (χ0n) is 13.0. The fourth-order valence-electron chi connectivity index (χ4n) is 1.34. The molecule has 0 fully saturated rings. The average Bonchev–Trinajstić information content (AvgIpc) is 2.38. The van der Waals surface area contributed by atoms with Crippen molar-refractivity contribution in [2.45, 2.75) is 26.4 Å². The minimum Gasteiger partial charge on any atom is -0.489 e. The molecule has 1 aromatic heterocycles. The first-order chi connectivity index (χ1) is 9.73. The Bertz CT molecular complexity index is 488. The van der Waals surface area contributed by atoms with Gasteiger partial charge in [0, 0.05) is 13.1 Å². The average molecular weight is 317 g/mol. The van der Waals surface area contributed by atoms with E-state index in [9.17, 15) is 4.79 Å². The van der Waals surface area contributed by atoms with Gasteiger partial charge in [0.2, 0.25) is 5.88 Å². The molecule has 0 aliphatic rings. The highest BCUT2D eigenvalue weighted by molar-refractivity contribution is 6.32. The molecular weight excluding hydrogens is 296 g/mol. The maximum Gasteiger partial charge on any atom is 0.410 e. The van der Waals surface area contributed by atoms with Gasteiger partial charge in [0.25, 0.3) is 0 Å². The summed E-state index contributed by atoms with van der Waals surface area (Å²) in [6, 6.07) is 1.56. The monoisotopic (exact) mass is 316 g/mol. The van der Waals surface area contributed by atoms with Gasteiger partial charge in [0.1, 0.15) is 12.2 Å². The molecule has 0 aliphatic carbocycles. The van der Waals surface area contributed by atoms with Gasteiger partial charge in [-0.2, -0.15) is 0 Å². The minimum absolute atomic E-state index is 0.281. The van der Waals surface area contributed by atoms with Crippen molar-refractivity contribution in [1.82, 2.24) is 9.88 Å². The van der Waals surface area contributed by atoms with Crippen molar-refractivity contribution in [2.75, 3.05) is 27.3 Å². The molecule has 0 aromatic carbocycles. The first-order valence-electron chi connectivity index (χ1n) is 6.49. The molecule has 0 saturated carbocycles. The third kappa shape index (κ3) is 6.08. The molecule has 0 bridgehead atoms. The number of ether oxygens (including phenoxy) is 3. The molecule has 0 radical (unpaired) electrons. The van der Waals surface area contributed by atoms with Crippen molar-refractivity contribution in [3.8, 4) is 11.6 Å². The standard InChI is InChI=1S/C14H21ClN2O4/c1-14(2,3)21-13(18)17(4)6-7-20-11-9-16-12(19-5)8-10(11)15/h8-9H,6-7H2,1-5H3. The van der Waals surface area contributed by atoms with E-state index in [2.05, 4.69) is 4.98 Å². The van der Waals surface area contributed by atoms with Gasteiger partial charge in [-0.25, -0.2) is 9.78 Å². The Balaban J connectivity index is 2.44. The van der Waals surface area contributed by atoms with Crippen LogP contribution in [-0.2, 0) is 4.74 Å². The molecule has 118 valence electrons. The summed E-state index contributed by atoms with van der Waals surface area (Å²) < 4.78 is 15.7. The highest BCUT2D eigenvalue weighted by Gasteiger charge is 2.19. The van der Waals surface area contributed by atoms with E-state index in [1.807, 2.05) is 20.8 Å². The molecule has 1 rings (SSSR count). The molecule has 0 N–H and O–H groups in total. The summed E-state index contributed by atoms with van der Waals surface area (Å²) >= 11 is 6.02. The van der Waals surface area contributed by atoms with Crippen molar-refractivity contribution in [2.24, 2.45) is 0 Å². The van der Waals surface area contributed by atoms with Crippen LogP contribution in [0.4, 0.5) is 4.79 Å². The van der Waals surface area contributed by atoms with Crippen molar-refractivity contribution in [1.29, 1.82) is 0 Å². The topological polar surface area (TPSA) is 60.9 Å². The maximum atomic E-state index is 11.7. The molecule has 6 nitrogen and oxygen atoms in total. The van der Waals surface area contributed by atoms with E-state index in [4.69, 9.17) is 25.8 Å². The smallest absolute Gasteiger partial charge is 0.410 e. The van der Waals surface area contributed by atoms with E-state index in [1.54, 1.807) is 13.1 Å². The molecule has 1 heterocycles. The molecule has 1 amide bonds. The van der Waals surface area contributed by atoms with E-state index in [-0.39, 0.29) is 6.61 Å². The second kappa shape index (κ2) is 7.36. The number of halogens is 1. The summed E-state index contributed by atoms with van der Waals surface area (Å²) in [4.78, 5) is 17.2. The van der Waals surface area contributed by atoms with Crippen LogP contribution in [0.2, 0.25) is 5.02 Å². The van der Waals surface area contributed by atoms with E-state index >= 15 is 0 Å². The lowest BCUT2D eigenvalue weighted by atomic mass is 10.2. The lowest BCUT2D eigenvalue weighted by Gasteiger charge is -2.24. The Morgan fingerprint density at radius 1 is 1.43 bits per heavy atom. The van der Waals surface area contributed by atoms with E-state index < -0.39 is 11.7 Å². The number of hydrogen-bond donors (Lipinski definition) is 0. The Kier molecular flexibility index (Phi) is 6.08.